The fourth-order valence-electron chi connectivity index (χ4n) is 3.24. The lowest BCUT2D eigenvalue weighted by molar-refractivity contribution is -0.116. The molecule has 0 bridgehead atoms. The van der Waals surface area contributed by atoms with Crippen LogP contribution in [0.5, 0.6) is 0 Å². The summed E-state index contributed by atoms with van der Waals surface area (Å²) in [5.41, 5.74) is 3.24. The van der Waals surface area contributed by atoms with Gasteiger partial charge in [-0.05, 0) is 48.9 Å². The van der Waals surface area contributed by atoms with Gasteiger partial charge in [-0.1, -0.05) is 19.1 Å². The maximum Gasteiger partial charge on any atom is 0.224 e. The molecule has 0 fully saturated rings. The monoisotopic (exact) mass is 402 g/mol. The lowest BCUT2D eigenvalue weighted by Gasteiger charge is -2.09. The number of carbonyl (C=O) groups excluding carboxylic acids is 2. The summed E-state index contributed by atoms with van der Waals surface area (Å²) in [7, 11) is 0. The molecule has 4 rings (SSSR count). The summed E-state index contributed by atoms with van der Waals surface area (Å²) in [5, 5.41) is 2.89. The van der Waals surface area contributed by atoms with Crippen molar-refractivity contribution < 1.29 is 14.0 Å². The maximum atomic E-state index is 13.2. The fourth-order valence-corrected chi connectivity index (χ4v) is 3.24. The number of rotatable bonds is 6. The van der Waals surface area contributed by atoms with Crippen LogP contribution in [0.4, 0.5) is 10.1 Å². The largest absolute Gasteiger partial charge is 0.326 e. The Morgan fingerprint density at radius 1 is 1.07 bits per heavy atom. The number of fused-ring (bicyclic) bond motifs is 1. The topological polar surface area (TPSA) is 76.4 Å². The Labute approximate surface area is 172 Å². The Balaban J connectivity index is 1.71. The van der Waals surface area contributed by atoms with Crippen molar-refractivity contribution in [1.29, 1.82) is 0 Å². The first kappa shape index (κ1) is 19.4. The number of anilines is 1. The Kier molecular flexibility index (Phi) is 5.34. The van der Waals surface area contributed by atoms with Crippen LogP contribution in [0.1, 0.15) is 35.8 Å². The van der Waals surface area contributed by atoms with E-state index in [2.05, 4.69) is 15.3 Å². The predicted octanol–water partition coefficient (Wildman–Crippen LogP) is 4.51. The first-order valence-electron chi connectivity index (χ1n) is 9.59. The van der Waals surface area contributed by atoms with E-state index in [-0.39, 0.29) is 17.4 Å². The van der Waals surface area contributed by atoms with E-state index in [0.717, 1.165) is 17.7 Å². The minimum absolute atomic E-state index is 0.0377. The molecule has 1 N–H and O–H groups in total. The molecule has 2 aromatic carbocycles. The number of benzene rings is 2. The number of nitrogens with one attached hydrogen (secondary N) is 1. The zero-order valence-corrected chi connectivity index (χ0v) is 16.3. The van der Waals surface area contributed by atoms with Gasteiger partial charge < -0.3 is 5.32 Å². The highest BCUT2D eigenvalue weighted by Crippen LogP contribution is 2.25. The zero-order chi connectivity index (χ0) is 21.1. The second kappa shape index (κ2) is 8.24. The molecule has 0 unspecified atom stereocenters. The van der Waals surface area contributed by atoms with E-state index in [1.54, 1.807) is 10.6 Å². The van der Waals surface area contributed by atoms with Gasteiger partial charge in [-0.3, -0.25) is 14.0 Å². The molecule has 7 heteroatoms. The number of hydrogen-bond acceptors (Lipinski definition) is 4. The molecule has 0 saturated heterocycles. The van der Waals surface area contributed by atoms with Gasteiger partial charge in [-0.15, -0.1) is 0 Å². The van der Waals surface area contributed by atoms with Crippen molar-refractivity contribution in [3.63, 3.8) is 0 Å². The van der Waals surface area contributed by atoms with Gasteiger partial charge in [0.15, 0.2) is 11.3 Å². The van der Waals surface area contributed by atoms with Crippen LogP contribution < -0.4 is 5.32 Å². The second-order valence-corrected chi connectivity index (χ2v) is 6.83. The molecule has 1 amide bonds. The average molecular weight is 402 g/mol. The standard InChI is InChI=1S/C23H19FN4O2/c1-2-4-20(29)27-18-6-3-5-16(13-18)19-11-12-25-23-21(26-14-28(19)23)22(30)15-7-9-17(24)10-8-15/h3,5-14H,2,4H2,1H3,(H,27,29). The molecule has 0 spiro atoms. The molecule has 0 aliphatic rings. The molecule has 30 heavy (non-hydrogen) atoms. The van der Waals surface area contributed by atoms with Gasteiger partial charge >= 0.3 is 0 Å². The predicted molar refractivity (Wildman–Crippen MR) is 112 cm³/mol. The molecule has 6 nitrogen and oxygen atoms in total. The van der Waals surface area contributed by atoms with Crippen molar-refractivity contribution in [3.05, 3.63) is 84.2 Å². The van der Waals surface area contributed by atoms with Crippen molar-refractivity contribution in [2.45, 2.75) is 19.8 Å². The summed E-state index contributed by atoms with van der Waals surface area (Å²) >= 11 is 0. The summed E-state index contributed by atoms with van der Waals surface area (Å²) in [6, 6.07) is 14.6. The smallest absolute Gasteiger partial charge is 0.224 e. The maximum absolute atomic E-state index is 13.2. The zero-order valence-electron chi connectivity index (χ0n) is 16.3. The summed E-state index contributed by atoms with van der Waals surface area (Å²) in [6.45, 7) is 1.95. The molecule has 0 saturated carbocycles. The number of carbonyl (C=O) groups is 2. The molecule has 2 heterocycles. The van der Waals surface area contributed by atoms with Crippen LogP contribution in [-0.4, -0.2) is 26.1 Å². The van der Waals surface area contributed by atoms with Crippen molar-refractivity contribution >= 4 is 23.0 Å². The molecule has 0 atom stereocenters. The van der Waals surface area contributed by atoms with Gasteiger partial charge in [0.25, 0.3) is 0 Å². The van der Waals surface area contributed by atoms with Crippen LogP contribution >= 0.6 is 0 Å². The number of nitrogens with zero attached hydrogens (tertiary/aromatic N) is 3. The summed E-state index contributed by atoms with van der Waals surface area (Å²) in [6.07, 6.45) is 4.38. The van der Waals surface area contributed by atoms with E-state index in [4.69, 9.17) is 0 Å². The highest BCUT2D eigenvalue weighted by Gasteiger charge is 2.18. The summed E-state index contributed by atoms with van der Waals surface area (Å²) in [5.74, 6) is -0.778. The third-order valence-electron chi connectivity index (χ3n) is 4.67. The first-order chi connectivity index (χ1) is 14.6. The van der Waals surface area contributed by atoms with E-state index in [0.29, 0.717) is 23.3 Å². The molecule has 2 aromatic heterocycles. The molecular weight excluding hydrogens is 383 g/mol. The van der Waals surface area contributed by atoms with Gasteiger partial charge in [0.1, 0.15) is 12.1 Å². The fraction of sp³-hybridized carbons (Fsp3) is 0.130. The quantitative estimate of drug-likeness (QED) is 0.482. The van der Waals surface area contributed by atoms with E-state index < -0.39 is 5.82 Å². The highest BCUT2D eigenvalue weighted by atomic mass is 19.1. The van der Waals surface area contributed by atoms with Crippen molar-refractivity contribution in [2.24, 2.45) is 0 Å². The molecule has 150 valence electrons. The summed E-state index contributed by atoms with van der Waals surface area (Å²) < 4.78 is 14.9. The number of aromatic nitrogens is 3. The lowest BCUT2D eigenvalue weighted by atomic mass is 10.1. The lowest BCUT2D eigenvalue weighted by Crippen LogP contribution is -2.10. The van der Waals surface area contributed by atoms with Crippen LogP contribution in [0.15, 0.2) is 67.1 Å². The Bertz CT molecular complexity index is 1230. The minimum Gasteiger partial charge on any atom is -0.326 e. The van der Waals surface area contributed by atoms with Crippen LogP contribution in [0.3, 0.4) is 0 Å². The van der Waals surface area contributed by atoms with Crippen molar-refractivity contribution in [1.82, 2.24) is 14.4 Å². The van der Waals surface area contributed by atoms with Crippen LogP contribution in [0, 0.1) is 5.82 Å². The van der Waals surface area contributed by atoms with Crippen LogP contribution in [-0.2, 0) is 4.79 Å². The van der Waals surface area contributed by atoms with Crippen molar-refractivity contribution in [2.75, 3.05) is 5.32 Å². The van der Waals surface area contributed by atoms with Gasteiger partial charge in [0, 0.05) is 29.4 Å². The summed E-state index contributed by atoms with van der Waals surface area (Å²) in [4.78, 5) is 33.3. The number of imidazole rings is 1. The Morgan fingerprint density at radius 3 is 2.63 bits per heavy atom. The third-order valence-corrected chi connectivity index (χ3v) is 4.67. The number of halogens is 1. The molecule has 0 aliphatic heterocycles. The van der Waals surface area contributed by atoms with Gasteiger partial charge in [-0.2, -0.15) is 0 Å². The number of ketones is 1. The second-order valence-electron chi connectivity index (χ2n) is 6.83. The van der Waals surface area contributed by atoms with E-state index in [1.807, 2.05) is 37.3 Å². The van der Waals surface area contributed by atoms with E-state index in [1.165, 1.54) is 30.6 Å². The number of amides is 1. The SMILES string of the molecule is CCCC(=O)Nc1cccc(-c2ccnc3c(C(=O)c4ccc(F)cc4)ncn23)c1. The Hall–Kier alpha value is -3.87. The van der Waals surface area contributed by atoms with E-state index in [9.17, 15) is 14.0 Å². The molecule has 0 aliphatic carbocycles. The molecule has 4 aromatic rings. The normalized spacial score (nSPS) is 10.9. The van der Waals surface area contributed by atoms with Gasteiger partial charge in [0.05, 0.1) is 5.69 Å². The first-order valence-corrected chi connectivity index (χ1v) is 9.59. The van der Waals surface area contributed by atoms with Gasteiger partial charge in [0.2, 0.25) is 11.7 Å². The van der Waals surface area contributed by atoms with Crippen molar-refractivity contribution in [3.8, 4) is 11.3 Å². The van der Waals surface area contributed by atoms with E-state index >= 15 is 0 Å². The molecular formula is C23H19FN4O2. The molecule has 0 radical (unpaired) electrons. The Morgan fingerprint density at radius 2 is 1.87 bits per heavy atom. The highest BCUT2D eigenvalue weighted by molar-refractivity contribution is 6.11. The minimum atomic E-state index is -0.410. The third kappa shape index (κ3) is 3.82. The van der Waals surface area contributed by atoms with Crippen LogP contribution in [0.25, 0.3) is 16.9 Å². The van der Waals surface area contributed by atoms with Gasteiger partial charge in [-0.25, -0.2) is 14.4 Å². The van der Waals surface area contributed by atoms with Crippen LogP contribution in [0.2, 0.25) is 0 Å². The number of hydrogen-bond donors (Lipinski definition) is 1. The average Bonchev–Trinajstić information content (AvgIpc) is 3.18.